The minimum atomic E-state index is -5.39. The fourth-order valence-electron chi connectivity index (χ4n) is 0. The van der Waals surface area contributed by atoms with Crippen molar-refractivity contribution >= 4 is 15.6 Å². The molecule has 0 aliphatic rings. The zero-order chi connectivity index (χ0) is 9.00. The molecule has 0 spiro atoms. The molecule has 0 saturated carbocycles. The summed E-state index contributed by atoms with van der Waals surface area (Å²) in [6.45, 7) is 0. The van der Waals surface area contributed by atoms with E-state index in [1.54, 1.807) is 0 Å². The molecule has 0 atom stereocenters. The van der Waals surface area contributed by atoms with E-state index in [9.17, 15) is 0 Å². The van der Waals surface area contributed by atoms with E-state index in [1.807, 2.05) is 0 Å². The van der Waals surface area contributed by atoms with Crippen molar-refractivity contribution in [1.29, 1.82) is 0 Å². The zero-order valence-corrected chi connectivity index (χ0v) is 12.0. The Labute approximate surface area is 94.5 Å². The number of rotatable bonds is 0. The maximum absolute atomic E-state index is 8.55. The second-order valence-corrected chi connectivity index (χ2v) is 2.68. The Balaban J connectivity index is -0.0000000457. The Hall–Kier alpha value is 1.53. The molecule has 0 fully saturated rings. The Morgan fingerprint density at radius 2 is 0.667 bits per heavy atom. The molecule has 0 amide bonds. The number of phosphoric acid groups is 2. The van der Waals surface area contributed by atoms with Crippen LogP contribution in [0.25, 0.3) is 0 Å². The molecular formula is MoO8P2Zn-6. The molecule has 72 valence electrons. The molecule has 0 aromatic rings. The van der Waals surface area contributed by atoms with Crippen molar-refractivity contribution in [1.82, 2.24) is 0 Å². The van der Waals surface area contributed by atoms with Gasteiger partial charge in [-0.2, -0.15) is 15.6 Å². The van der Waals surface area contributed by atoms with E-state index in [2.05, 4.69) is 0 Å². The van der Waals surface area contributed by atoms with Crippen LogP contribution in [-0.2, 0) is 49.7 Å². The summed E-state index contributed by atoms with van der Waals surface area (Å²) in [5.74, 6) is 0. The standard InChI is InChI=1S/Mo.2H3O4P.Zn/c;2*1-5(2,3)4;/h;2*(H3,1,2,3,4);/p-6. The van der Waals surface area contributed by atoms with Crippen LogP contribution in [0.3, 0.4) is 0 Å². The van der Waals surface area contributed by atoms with Crippen molar-refractivity contribution in [3.05, 3.63) is 0 Å². The van der Waals surface area contributed by atoms with E-state index in [0.29, 0.717) is 0 Å². The molecule has 0 unspecified atom stereocenters. The zero-order valence-electron chi connectivity index (χ0n) is 5.28. The molecule has 0 heterocycles. The molecule has 0 saturated heterocycles. The molecule has 0 N–H and O–H groups in total. The topological polar surface area (TPSA) is 172 Å². The van der Waals surface area contributed by atoms with Gasteiger partial charge in [-0.1, -0.05) is 0 Å². The fraction of sp³-hybridized carbons (Fsp3) is 0. The average molecular weight is 351 g/mol. The van der Waals surface area contributed by atoms with Gasteiger partial charge in [0.1, 0.15) is 0 Å². The van der Waals surface area contributed by atoms with Crippen LogP contribution in [0, 0.1) is 0 Å². The summed E-state index contributed by atoms with van der Waals surface area (Å²) in [5.41, 5.74) is 0. The van der Waals surface area contributed by atoms with E-state index in [-0.39, 0.29) is 40.5 Å². The predicted molar refractivity (Wildman–Crippen MR) is 15.2 cm³/mol. The minimum absolute atomic E-state index is 0. The van der Waals surface area contributed by atoms with Crippen molar-refractivity contribution in [3.8, 4) is 0 Å². The van der Waals surface area contributed by atoms with Crippen LogP contribution in [0.2, 0.25) is 0 Å². The van der Waals surface area contributed by atoms with Crippen LogP contribution in [0.1, 0.15) is 0 Å². The molecule has 8 nitrogen and oxygen atoms in total. The van der Waals surface area contributed by atoms with Crippen LogP contribution in [-0.4, -0.2) is 0 Å². The number of hydrogen-bond donors (Lipinski definition) is 0. The third-order valence-electron chi connectivity index (χ3n) is 0. The summed E-state index contributed by atoms with van der Waals surface area (Å²) < 4.78 is 17.1. The Morgan fingerprint density at radius 1 is 0.667 bits per heavy atom. The third kappa shape index (κ3) is 545. The van der Waals surface area contributed by atoms with E-state index in [0.717, 1.165) is 0 Å². The largest absolute Gasteiger partial charge is 0.822 e. The summed E-state index contributed by atoms with van der Waals surface area (Å²) in [4.78, 5) is 51.3. The van der Waals surface area contributed by atoms with Gasteiger partial charge in [-0.05, 0) is 0 Å². The van der Waals surface area contributed by atoms with Gasteiger partial charge in [0.2, 0.25) is 0 Å². The molecule has 0 rings (SSSR count). The molecule has 0 bridgehead atoms. The van der Waals surface area contributed by atoms with Crippen molar-refractivity contribution in [2.45, 2.75) is 0 Å². The Morgan fingerprint density at radius 3 is 0.667 bits per heavy atom. The normalized spacial score (nSPS) is 9.83. The smallest absolute Gasteiger partial charge is 0 e. The van der Waals surface area contributed by atoms with Crippen molar-refractivity contribution in [2.75, 3.05) is 0 Å². The van der Waals surface area contributed by atoms with Gasteiger partial charge in [0, 0.05) is 40.5 Å². The maximum atomic E-state index is 8.55. The monoisotopic (exact) mass is 352 g/mol. The molecule has 12 heteroatoms. The third-order valence-corrected chi connectivity index (χ3v) is 0. The summed E-state index contributed by atoms with van der Waals surface area (Å²) in [5, 5.41) is 0. The van der Waals surface area contributed by atoms with E-state index >= 15 is 0 Å². The van der Waals surface area contributed by atoms with Crippen LogP contribution >= 0.6 is 15.6 Å². The SMILES string of the molecule is O=P([O-])([O-])[O-].O=P([O-])([O-])[O-].[Mo].[Zn]. The van der Waals surface area contributed by atoms with Gasteiger partial charge in [-0.25, -0.2) is 0 Å². The first-order valence-corrected chi connectivity index (χ1v) is 4.38. The van der Waals surface area contributed by atoms with Gasteiger partial charge in [-0.15, -0.1) is 0 Å². The first kappa shape index (κ1) is 23.4. The summed E-state index contributed by atoms with van der Waals surface area (Å²) in [6.07, 6.45) is 0. The molecule has 0 aliphatic heterocycles. The van der Waals surface area contributed by atoms with Gasteiger partial charge in [0.15, 0.2) is 0 Å². The summed E-state index contributed by atoms with van der Waals surface area (Å²) in [7, 11) is -10.8. The first-order chi connectivity index (χ1) is 4.00. The van der Waals surface area contributed by atoms with Crippen molar-refractivity contribution in [3.63, 3.8) is 0 Å². The van der Waals surface area contributed by atoms with Gasteiger partial charge < -0.3 is 38.5 Å². The first-order valence-electron chi connectivity index (χ1n) is 1.46. The van der Waals surface area contributed by atoms with Gasteiger partial charge >= 0.3 is 0 Å². The average Bonchev–Trinajstić information content (AvgIpc) is 1.12. The minimum Gasteiger partial charge on any atom is -0.822 e. The van der Waals surface area contributed by atoms with E-state index < -0.39 is 15.6 Å². The molecule has 0 aliphatic carbocycles. The summed E-state index contributed by atoms with van der Waals surface area (Å²) >= 11 is 0. The van der Waals surface area contributed by atoms with Crippen LogP contribution in [0.4, 0.5) is 0 Å². The van der Waals surface area contributed by atoms with Gasteiger partial charge in [0.05, 0.1) is 0 Å². The number of hydrogen-bond acceptors (Lipinski definition) is 8. The Kier molecular flexibility index (Phi) is 17.7. The van der Waals surface area contributed by atoms with E-state index in [1.165, 1.54) is 0 Å². The van der Waals surface area contributed by atoms with Crippen LogP contribution < -0.4 is 29.4 Å². The van der Waals surface area contributed by atoms with Crippen LogP contribution in [0.5, 0.6) is 0 Å². The molecule has 0 aromatic carbocycles. The second-order valence-electron chi connectivity index (χ2n) is 0.894. The second kappa shape index (κ2) is 9.10. The molecule has 0 radical (unpaired) electrons. The summed E-state index contributed by atoms with van der Waals surface area (Å²) in [6, 6.07) is 0. The quantitative estimate of drug-likeness (QED) is 0.307. The molecule has 12 heavy (non-hydrogen) atoms. The van der Waals surface area contributed by atoms with E-state index in [4.69, 9.17) is 38.5 Å². The van der Waals surface area contributed by atoms with Gasteiger partial charge in [0.25, 0.3) is 0 Å². The fourth-order valence-corrected chi connectivity index (χ4v) is 0. The van der Waals surface area contributed by atoms with Gasteiger partial charge in [-0.3, -0.25) is 0 Å². The molecule has 0 aromatic heterocycles. The maximum Gasteiger partial charge on any atom is 0 e. The van der Waals surface area contributed by atoms with Crippen LogP contribution in [0.15, 0.2) is 0 Å². The Bertz CT molecular complexity index is 129. The van der Waals surface area contributed by atoms with Crippen molar-refractivity contribution < 1.29 is 79.0 Å². The molecular weight excluding hydrogens is 351 g/mol. The predicted octanol–water partition coefficient (Wildman–Crippen LogP) is -5.65. The van der Waals surface area contributed by atoms with Crippen molar-refractivity contribution in [2.24, 2.45) is 0 Å².